The van der Waals surface area contributed by atoms with Crippen LogP contribution in [-0.4, -0.2) is 40.9 Å². The number of hydrogen-bond acceptors (Lipinski definition) is 6. The molecule has 0 radical (unpaired) electrons. The zero-order chi connectivity index (χ0) is 27.4. The number of halogens is 2. The van der Waals surface area contributed by atoms with Gasteiger partial charge in [0.15, 0.2) is 12.4 Å². The van der Waals surface area contributed by atoms with Gasteiger partial charge in [-0.2, -0.15) is 0 Å². The third-order valence-electron chi connectivity index (χ3n) is 5.75. The molecule has 1 aliphatic rings. The van der Waals surface area contributed by atoms with Crippen LogP contribution < -0.4 is 10.1 Å². The molecule has 0 spiro atoms. The van der Waals surface area contributed by atoms with Crippen molar-refractivity contribution in [2.24, 2.45) is 0 Å². The van der Waals surface area contributed by atoms with Gasteiger partial charge in [-0.25, -0.2) is 0 Å². The second-order valence-corrected chi connectivity index (χ2v) is 10.8. The lowest BCUT2D eigenvalue weighted by atomic mass is 10.1. The first-order valence-electron chi connectivity index (χ1n) is 11.4. The van der Waals surface area contributed by atoms with Gasteiger partial charge in [0.25, 0.3) is 17.1 Å². The van der Waals surface area contributed by atoms with Crippen LogP contribution in [0.1, 0.15) is 27.0 Å². The van der Waals surface area contributed by atoms with E-state index in [1.54, 1.807) is 54.6 Å². The Bertz CT molecular complexity index is 1460. The molecular weight excluding hydrogens is 592 g/mol. The highest BCUT2D eigenvalue weighted by Crippen LogP contribution is 2.32. The summed E-state index contributed by atoms with van der Waals surface area (Å²) in [5.41, 5.74) is 3.87. The van der Waals surface area contributed by atoms with E-state index in [1.807, 2.05) is 26.0 Å². The summed E-state index contributed by atoms with van der Waals surface area (Å²) in [6.45, 7) is 3.43. The molecule has 0 unspecified atom stereocenters. The fourth-order valence-electron chi connectivity index (χ4n) is 3.53. The van der Waals surface area contributed by atoms with Crippen LogP contribution in [0.25, 0.3) is 6.08 Å². The van der Waals surface area contributed by atoms with Gasteiger partial charge in [0, 0.05) is 15.1 Å². The number of Topliss-reactive ketones (excluding diaryl/α,β-unsaturated/α-hetero) is 1. The van der Waals surface area contributed by atoms with Crippen LogP contribution in [0.5, 0.6) is 5.75 Å². The minimum atomic E-state index is -0.531. The topological polar surface area (TPSA) is 92.8 Å². The molecule has 194 valence electrons. The quantitative estimate of drug-likeness (QED) is 0.226. The number of amides is 3. The fraction of sp³-hybridized carbons (Fsp3) is 0.143. The van der Waals surface area contributed by atoms with E-state index in [0.717, 1.165) is 32.3 Å². The number of benzene rings is 3. The molecule has 38 heavy (non-hydrogen) atoms. The maximum absolute atomic E-state index is 12.8. The van der Waals surface area contributed by atoms with Crippen molar-refractivity contribution >= 4 is 73.9 Å². The van der Waals surface area contributed by atoms with Crippen LogP contribution in [0.3, 0.4) is 0 Å². The molecule has 0 bridgehead atoms. The van der Waals surface area contributed by atoms with Crippen LogP contribution in [0, 0.1) is 13.8 Å². The van der Waals surface area contributed by atoms with Crippen LogP contribution in [-0.2, 0) is 9.59 Å². The molecule has 3 amide bonds. The number of carbonyl (C=O) groups is 4. The van der Waals surface area contributed by atoms with E-state index < -0.39 is 11.1 Å². The molecule has 4 rings (SSSR count). The number of anilines is 1. The third-order valence-corrected chi connectivity index (χ3v) is 7.56. The molecule has 10 heteroatoms. The lowest BCUT2D eigenvalue weighted by Crippen LogP contribution is -2.33. The van der Waals surface area contributed by atoms with Gasteiger partial charge in [0.2, 0.25) is 0 Å². The Morgan fingerprint density at radius 3 is 2.37 bits per heavy atom. The van der Waals surface area contributed by atoms with Gasteiger partial charge in [-0.3, -0.25) is 24.1 Å². The van der Waals surface area contributed by atoms with E-state index in [4.69, 9.17) is 16.3 Å². The SMILES string of the molecule is Cc1cc(Br)c(NC(=O)COc2ccc(/C=C3/SC(=O)N(CC(=O)c4ccc(Cl)cc4)C3=O)cc2)cc1C. The van der Waals surface area contributed by atoms with Crippen LogP contribution in [0.2, 0.25) is 5.02 Å². The summed E-state index contributed by atoms with van der Waals surface area (Å²) in [6, 6.07) is 16.8. The van der Waals surface area contributed by atoms with Gasteiger partial charge in [0.05, 0.1) is 17.1 Å². The van der Waals surface area contributed by atoms with E-state index >= 15 is 0 Å². The zero-order valence-electron chi connectivity index (χ0n) is 20.4. The van der Waals surface area contributed by atoms with Crippen molar-refractivity contribution in [2.45, 2.75) is 13.8 Å². The summed E-state index contributed by atoms with van der Waals surface area (Å²) in [6.07, 6.45) is 1.57. The number of rotatable bonds is 8. The van der Waals surface area contributed by atoms with Crippen LogP contribution in [0.15, 0.2) is 70.0 Å². The number of nitrogens with one attached hydrogen (secondary N) is 1. The molecule has 1 aliphatic heterocycles. The summed E-state index contributed by atoms with van der Waals surface area (Å²) in [5, 5.41) is 2.80. The first-order chi connectivity index (χ1) is 18.1. The average molecular weight is 614 g/mol. The Morgan fingerprint density at radius 1 is 1.03 bits per heavy atom. The minimum Gasteiger partial charge on any atom is -0.484 e. The fourth-order valence-corrected chi connectivity index (χ4v) is 5.05. The van der Waals surface area contributed by atoms with Gasteiger partial charge < -0.3 is 10.1 Å². The van der Waals surface area contributed by atoms with Crippen molar-refractivity contribution < 1.29 is 23.9 Å². The normalized spacial score (nSPS) is 14.2. The maximum atomic E-state index is 12.8. The van der Waals surface area contributed by atoms with Crippen LogP contribution >= 0.6 is 39.3 Å². The first kappa shape index (κ1) is 27.6. The van der Waals surface area contributed by atoms with Gasteiger partial charge in [-0.15, -0.1) is 0 Å². The highest BCUT2D eigenvalue weighted by Gasteiger charge is 2.36. The lowest BCUT2D eigenvalue weighted by molar-refractivity contribution is -0.122. The van der Waals surface area contributed by atoms with Crippen molar-refractivity contribution in [1.82, 2.24) is 4.90 Å². The van der Waals surface area contributed by atoms with Gasteiger partial charge in [-0.05, 0) is 113 Å². The number of imide groups is 1. The first-order valence-corrected chi connectivity index (χ1v) is 13.4. The van der Waals surface area contributed by atoms with Crippen molar-refractivity contribution in [3.8, 4) is 5.75 Å². The molecule has 7 nitrogen and oxygen atoms in total. The molecular formula is C28H22BrClN2O5S. The van der Waals surface area contributed by atoms with Crippen LogP contribution in [0.4, 0.5) is 10.5 Å². The molecule has 3 aromatic rings. The number of hydrogen-bond donors (Lipinski definition) is 1. The molecule has 1 N–H and O–H groups in total. The Balaban J connectivity index is 1.34. The van der Waals surface area contributed by atoms with Gasteiger partial charge in [0.1, 0.15) is 5.75 Å². The summed E-state index contributed by atoms with van der Waals surface area (Å²) >= 11 is 10.1. The molecule has 0 aromatic heterocycles. The monoisotopic (exact) mass is 612 g/mol. The molecule has 0 saturated carbocycles. The lowest BCUT2D eigenvalue weighted by Gasteiger charge is -2.11. The van der Waals surface area contributed by atoms with E-state index in [0.29, 0.717) is 27.6 Å². The number of aryl methyl sites for hydroxylation is 2. The third kappa shape index (κ3) is 6.72. The van der Waals surface area contributed by atoms with E-state index in [9.17, 15) is 19.2 Å². The standard InChI is InChI=1S/C28H22BrClN2O5S/c1-16-11-22(29)23(12-17(16)2)31-26(34)15-37-21-9-3-18(4-10-21)13-25-27(35)32(28(36)38-25)14-24(33)19-5-7-20(30)8-6-19/h3-13H,14-15H2,1-2H3,(H,31,34)/b25-13+. The van der Waals surface area contributed by atoms with E-state index in [-0.39, 0.29) is 29.7 Å². The minimum absolute atomic E-state index is 0.181. The summed E-state index contributed by atoms with van der Waals surface area (Å²) in [4.78, 5) is 51.1. The Labute approximate surface area is 237 Å². The van der Waals surface area contributed by atoms with E-state index in [2.05, 4.69) is 21.2 Å². The number of ether oxygens (including phenoxy) is 1. The number of nitrogens with zero attached hydrogens (tertiary/aromatic N) is 1. The molecule has 0 atom stereocenters. The van der Waals surface area contributed by atoms with Crippen molar-refractivity contribution in [3.05, 3.63) is 97.3 Å². The zero-order valence-corrected chi connectivity index (χ0v) is 23.6. The maximum Gasteiger partial charge on any atom is 0.293 e. The van der Waals surface area contributed by atoms with Crippen molar-refractivity contribution in [3.63, 3.8) is 0 Å². The predicted octanol–water partition coefficient (Wildman–Crippen LogP) is 6.66. The molecule has 0 aliphatic carbocycles. The van der Waals surface area contributed by atoms with E-state index in [1.165, 1.54) is 0 Å². The number of ketones is 1. The Kier molecular flexibility index (Phi) is 8.71. The largest absolute Gasteiger partial charge is 0.484 e. The summed E-state index contributed by atoms with van der Waals surface area (Å²) in [5.74, 6) is -0.726. The predicted molar refractivity (Wildman–Crippen MR) is 153 cm³/mol. The Morgan fingerprint density at radius 2 is 1.68 bits per heavy atom. The average Bonchev–Trinajstić information content (AvgIpc) is 3.14. The second kappa shape index (κ2) is 12.0. The van der Waals surface area contributed by atoms with Gasteiger partial charge in [-0.1, -0.05) is 23.7 Å². The smallest absolute Gasteiger partial charge is 0.293 e. The van der Waals surface area contributed by atoms with Gasteiger partial charge >= 0.3 is 0 Å². The van der Waals surface area contributed by atoms with Crippen molar-refractivity contribution in [2.75, 3.05) is 18.5 Å². The number of carbonyl (C=O) groups excluding carboxylic acids is 4. The highest BCUT2D eigenvalue weighted by molar-refractivity contribution is 9.10. The highest BCUT2D eigenvalue weighted by atomic mass is 79.9. The van der Waals surface area contributed by atoms with Crippen molar-refractivity contribution in [1.29, 1.82) is 0 Å². The molecule has 3 aromatic carbocycles. The second-order valence-electron chi connectivity index (χ2n) is 8.52. The Hall–Kier alpha value is -3.40. The summed E-state index contributed by atoms with van der Waals surface area (Å²) < 4.78 is 6.37. The molecule has 1 heterocycles. The molecule has 1 fully saturated rings. The summed E-state index contributed by atoms with van der Waals surface area (Å²) in [7, 11) is 0. The molecule has 1 saturated heterocycles. The number of thioether (sulfide) groups is 1.